The number of nitrogens with zero attached hydrogens (tertiary/aromatic N) is 4. The molecule has 0 spiro atoms. The molecule has 0 unspecified atom stereocenters. The first-order valence-electron chi connectivity index (χ1n) is 6.97. The van der Waals surface area contributed by atoms with Gasteiger partial charge < -0.3 is 9.09 Å². The minimum absolute atomic E-state index is 0.256. The van der Waals surface area contributed by atoms with Crippen LogP contribution >= 0.6 is 0 Å². The second-order valence-electron chi connectivity index (χ2n) is 4.91. The Morgan fingerprint density at radius 1 is 1.17 bits per heavy atom. The van der Waals surface area contributed by atoms with Gasteiger partial charge in [0.2, 0.25) is 11.7 Å². The van der Waals surface area contributed by atoms with Crippen molar-refractivity contribution in [3.8, 4) is 11.4 Å². The van der Waals surface area contributed by atoms with Crippen molar-refractivity contribution in [1.29, 1.82) is 0 Å². The smallest absolute Gasteiger partial charge is 0.337 e. The minimum atomic E-state index is -4.36. The maximum Gasteiger partial charge on any atom is 0.416 e. The zero-order chi connectivity index (χ0) is 16.4. The van der Waals surface area contributed by atoms with E-state index in [-0.39, 0.29) is 5.82 Å². The van der Waals surface area contributed by atoms with Crippen LogP contribution in [0.2, 0.25) is 0 Å². The molecule has 23 heavy (non-hydrogen) atoms. The van der Waals surface area contributed by atoms with Gasteiger partial charge in [0, 0.05) is 24.4 Å². The summed E-state index contributed by atoms with van der Waals surface area (Å²) in [7, 11) is 0. The van der Waals surface area contributed by atoms with Crippen molar-refractivity contribution in [2.75, 3.05) is 0 Å². The van der Waals surface area contributed by atoms with Crippen LogP contribution in [0.25, 0.3) is 11.4 Å². The van der Waals surface area contributed by atoms with Gasteiger partial charge in [0.05, 0.1) is 5.56 Å². The van der Waals surface area contributed by atoms with Gasteiger partial charge in [-0.2, -0.15) is 18.2 Å². The molecule has 1 aromatic carbocycles. The van der Waals surface area contributed by atoms with E-state index < -0.39 is 11.7 Å². The number of hydrogen-bond acceptors (Lipinski definition) is 4. The van der Waals surface area contributed by atoms with E-state index in [4.69, 9.17) is 4.52 Å². The van der Waals surface area contributed by atoms with Crippen LogP contribution in [0.15, 0.2) is 41.2 Å². The third kappa shape index (κ3) is 3.25. The normalized spacial score (nSPS) is 11.8. The van der Waals surface area contributed by atoms with Crippen molar-refractivity contribution in [2.24, 2.45) is 0 Å². The largest absolute Gasteiger partial charge is 0.416 e. The molecule has 0 radical (unpaired) electrons. The monoisotopic (exact) mass is 322 g/mol. The lowest BCUT2D eigenvalue weighted by atomic mass is 10.1. The molecule has 0 fully saturated rings. The van der Waals surface area contributed by atoms with E-state index in [1.807, 2.05) is 11.5 Å². The molecule has 3 aromatic rings. The fourth-order valence-electron chi connectivity index (χ4n) is 2.19. The van der Waals surface area contributed by atoms with Gasteiger partial charge in [-0.15, -0.1) is 0 Å². The first kappa shape index (κ1) is 15.3. The topological polar surface area (TPSA) is 56.7 Å². The van der Waals surface area contributed by atoms with E-state index in [0.29, 0.717) is 18.0 Å². The number of aryl methyl sites for hydroxylation is 1. The lowest BCUT2D eigenvalue weighted by molar-refractivity contribution is -0.137. The van der Waals surface area contributed by atoms with Crippen molar-refractivity contribution in [3.05, 3.63) is 53.9 Å². The van der Waals surface area contributed by atoms with E-state index in [2.05, 4.69) is 15.1 Å². The van der Waals surface area contributed by atoms with Crippen LogP contribution in [0.1, 0.15) is 24.2 Å². The Hall–Kier alpha value is -2.64. The zero-order valence-corrected chi connectivity index (χ0v) is 12.2. The quantitative estimate of drug-likeness (QED) is 0.737. The summed E-state index contributed by atoms with van der Waals surface area (Å²) < 4.78 is 44.7. The third-order valence-corrected chi connectivity index (χ3v) is 3.36. The minimum Gasteiger partial charge on any atom is -0.337 e. The molecule has 0 saturated heterocycles. The van der Waals surface area contributed by atoms with Crippen LogP contribution in [-0.4, -0.2) is 19.7 Å². The van der Waals surface area contributed by atoms with Crippen LogP contribution in [0.5, 0.6) is 0 Å². The second-order valence-corrected chi connectivity index (χ2v) is 4.91. The highest BCUT2D eigenvalue weighted by molar-refractivity contribution is 5.54. The average Bonchev–Trinajstić information content (AvgIpc) is 3.16. The molecule has 0 bridgehead atoms. The fourth-order valence-corrected chi connectivity index (χ4v) is 2.19. The van der Waals surface area contributed by atoms with E-state index in [1.165, 1.54) is 12.1 Å². The highest BCUT2D eigenvalue weighted by atomic mass is 19.4. The predicted molar refractivity (Wildman–Crippen MR) is 75.4 cm³/mol. The van der Waals surface area contributed by atoms with E-state index in [0.717, 1.165) is 24.4 Å². The molecule has 0 aliphatic carbocycles. The van der Waals surface area contributed by atoms with Crippen molar-refractivity contribution in [2.45, 2.75) is 26.1 Å². The standard InChI is InChI=1S/C15H13F3N4O/c1-2-12-19-7-8-22(12)9-13-20-14(21-23-13)10-3-5-11(6-4-10)15(16,17)18/h3-8H,2,9H2,1H3. The molecule has 2 heterocycles. The van der Waals surface area contributed by atoms with Crippen molar-refractivity contribution >= 4 is 0 Å². The first-order chi connectivity index (χ1) is 11.0. The summed E-state index contributed by atoms with van der Waals surface area (Å²) in [5.74, 6) is 1.51. The number of aromatic nitrogens is 4. The number of rotatable bonds is 4. The summed E-state index contributed by atoms with van der Waals surface area (Å²) in [5, 5.41) is 3.81. The van der Waals surface area contributed by atoms with Gasteiger partial charge in [-0.1, -0.05) is 24.2 Å². The number of hydrogen-bond donors (Lipinski definition) is 0. The van der Waals surface area contributed by atoms with Gasteiger partial charge in [0.15, 0.2) is 0 Å². The molecule has 8 heteroatoms. The number of benzene rings is 1. The zero-order valence-electron chi connectivity index (χ0n) is 12.2. The summed E-state index contributed by atoms with van der Waals surface area (Å²) in [6.45, 7) is 2.36. The lowest BCUT2D eigenvalue weighted by Gasteiger charge is -2.05. The Labute approximate surface area is 129 Å². The molecule has 0 aliphatic rings. The summed E-state index contributed by atoms with van der Waals surface area (Å²) in [5.41, 5.74) is -0.245. The van der Waals surface area contributed by atoms with Crippen LogP contribution in [0.4, 0.5) is 13.2 Å². The molecule has 0 saturated carbocycles. The van der Waals surface area contributed by atoms with Crippen LogP contribution < -0.4 is 0 Å². The van der Waals surface area contributed by atoms with Gasteiger partial charge in [-0.25, -0.2) is 4.98 Å². The summed E-state index contributed by atoms with van der Waals surface area (Å²) in [4.78, 5) is 8.41. The molecule has 0 aliphatic heterocycles. The molecular formula is C15H13F3N4O. The Morgan fingerprint density at radius 3 is 2.57 bits per heavy atom. The summed E-state index contributed by atoms with van der Waals surface area (Å²) in [6, 6.07) is 4.64. The molecule has 120 valence electrons. The summed E-state index contributed by atoms with van der Waals surface area (Å²) >= 11 is 0. The van der Waals surface area contributed by atoms with Crippen LogP contribution in [0.3, 0.4) is 0 Å². The number of imidazole rings is 1. The molecule has 0 amide bonds. The molecule has 0 N–H and O–H groups in total. The predicted octanol–water partition coefficient (Wildman–Crippen LogP) is 3.56. The van der Waals surface area contributed by atoms with Crippen molar-refractivity contribution in [1.82, 2.24) is 19.7 Å². The van der Waals surface area contributed by atoms with Crippen molar-refractivity contribution < 1.29 is 17.7 Å². The van der Waals surface area contributed by atoms with Gasteiger partial charge >= 0.3 is 6.18 Å². The number of halogens is 3. The van der Waals surface area contributed by atoms with Gasteiger partial charge in [0.1, 0.15) is 12.4 Å². The van der Waals surface area contributed by atoms with Gasteiger partial charge in [0.25, 0.3) is 0 Å². The van der Waals surface area contributed by atoms with E-state index in [9.17, 15) is 13.2 Å². The highest BCUT2D eigenvalue weighted by Gasteiger charge is 2.30. The molecule has 3 rings (SSSR count). The average molecular weight is 322 g/mol. The molecule has 5 nitrogen and oxygen atoms in total. The Morgan fingerprint density at radius 2 is 1.91 bits per heavy atom. The first-order valence-corrected chi connectivity index (χ1v) is 6.97. The third-order valence-electron chi connectivity index (χ3n) is 3.36. The lowest BCUT2D eigenvalue weighted by Crippen LogP contribution is -2.04. The van der Waals surface area contributed by atoms with E-state index in [1.54, 1.807) is 12.4 Å². The van der Waals surface area contributed by atoms with Crippen LogP contribution in [0, 0.1) is 0 Å². The molecule has 0 atom stereocenters. The summed E-state index contributed by atoms with van der Waals surface area (Å²) in [6.07, 6.45) is -0.0986. The van der Waals surface area contributed by atoms with E-state index >= 15 is 0 Å². The molecule has 2 aromatic heterocycles. The fraction of sp³-hybridized carbons (Fsp3) is 0.267. The van der Waals surface area contributed by atoms with Gasteiger partial charge in [-0.05, 0) is 12.1 Å². The SMILES string of the molecule is CCc1nccn1Cc1nc(-c2ccc(C(F)(F)F)cc2)no1. The Bertz CT molecular complexity index is 790. The highest BCUT2D eigenvalue weighted by Crippen LogP contribution is 2.30. The van der Waals surface area contributed by atoms with Crippen molar-refractivity contribution in [3.63, 3.8) is 0 Å². The maximum absolute atomic E-state index is 12.6. The van der Waals surface area contributed by atoms with Gasteiger partial charge in [-0.3, -0.25) is 0 Å². The Balaban J connectivity index is 1.79. The molecular weight excluding hydrogens is 309 g/mol. The van der Waals surface area contributed by atoms with Crippen LogP contribution in [-0.2, 0) is 19.1 Å². The number of alkyl halides is 3. The Kier molecular flexibility index (Phi) is 3.89. The maximum atomic E-state index is 12.6. The second kappa shape index (κ2) is 5.86.